The van der Waals surface area contributed by atoms with Gasteiger partial charge in [0.25, 0.3) is 0 Å². The van der Waals surface area contributed by atoms with Crippen molar-refractivity contribution in [2.45, 2.75) is 25.9 Å². The molecule has 1 spiro atoms. The summed E-state index contributed by atoms with van der Waals surface area (Å²) in [7, 11) is -2.44. The molecule has 22 heavy (non-hydrogen) atoms. The van der Waals surface area contributed by atoms with Crippen molar-refractivity contribution >= 4 is 15.8 Å². The molecule has 0 aliphatic carbocycles. The molecule has 2 aliphatic rings. The van der Waals surface area contributed by atoms with Crippen LogP contribution < -0.4 is 5.32 Å². The molecule has 2 heterocycles. The van der Waals surface area contributed by atoms with Crippen molar-refractivity contribution in [3.05, 3.63) is 35.9 Å². The van der Waals surface area contributed by atoms with Gasteiger partial charge in [0.15, 0.2) is 0 Å². The number of rotatable bonds is 2. The maximum Gasteiger partial charge on any atom is 0.442 e. The topological polar surface area (TPSA) is 67.8 Å². The fourth-order valence-corrected chi connectivity index (χ4v) is 6.08. The average Bonchev–Trinajstić information content (AvgIpc) is 2.83. The number of nitrogens with one attached hydrogen (secondary N) is 1. The molecule has 2 fully saturated rings. The van der Waals surface area contributed by atoms with Crippen molar-refractivity contribution < 1.29 is 13.7 Å². The van der Waals surface area contributed by atoms with Crippen molar-refractivity contribution in [2.24, 2.45) is 9.78 Å². The van der Waals surface area contributed by atoms with E-state index in [0.29, 0.717) is 11.5 Å². The first-order chi connectivity index (χ1) is 10.6. The van der Waals surface area contributed by atoms with Gasteiger partial charge in [-0.2, -0.15) is 0 Å². The van der Waals surface area contributed by atoms with Crippen molar-refractivity contribution in [3.63, 3.8) is 0 Å². The first kappa shape index (κ1) is 15.5. The van der Waals surface area contributed by atoms with Gasteiger partial charge in [-0.3, -0.25) is 0 Å². The first-order valence-corrected chi connectivity index (χ1v) is 9.59. The lowest BCUT2D eigenvalue weighted by molar-refractivity contribution is 0.151. The second kappa shape index (κ2) is 6.38. The highest BCUT2D eigenvalue weighted by Gasteiger charge is 2.41. The number of piperidine rings is 1. The van der Waals surface area contributed by atoms with E-state index in [1.54, 1.807) is 0 Å². The molecule has 2 saturated heterocycles. The third-order valence-electron chi connectivity index (χ3n) is 4.59. The molecule has 1 atom stereocenters. The Balaban J connectivity index is 1.61. The first-order valence-electron chi connectivity index (χ1n) is 7.73. The van der Waals surface area contributed by atoms with Crippen LogP contribution in [0.3, 0.4) is 0 Å². The molecule has 120 valence electrons. The fourth-order valence-electron chi connectivity index (χ4n) is 3.31. The molecule has 1 N–H and O–H groups in total. The maximum absolute atomic E-state index is 12.8. The van der Waals surface area contributed by atoms with Crippen LogP contribution in [-0.2, 0) is 21.1 Å². The standard InChI is InChI=1S/C16H22N2O3S/c19-15(21-12-14-4-2-1-3-5-14)18-22(20)11-8-16(13-22)6-9-17-10-7-16/h1-5,17H,6-13H2. The van der Waals surface area contributed by atoms with E-state index in [0.717, 1.165) is 37.9 Å². The second-order valence-corrected chi connectivity index (χ2v) is 8.68. The Morgan fingerprint density at radius 3 is 2.68 bits per heavy atom. The van der Waals surface area contributed by atoms with Crippen molar-refractivity contribution in [1.82, 2.24) is 5.32 Å². The Bertz CT molecular complexity index is 645. The number of hydrogen-bond donors (Lipinski definition) is 1. The van der Waals surface area contributed by atoms with Crippen molar-refractivity contribution in [1.29, 1.82) is 0 Å². The Morgan fingerprint density at radius 2 is 1.95 bits per heavy atom. The van der Waals surface area contributed by atoms with E-state index in [-0.39, 0.29) is 12.0 Å². The van der Waals surface area contributed by atoms with Crippen molar-refractivity contribution in [2.75, 3.05) is 24.6 Å². The third kappa shape index (κ3) is 3.67. The number of amides is 1. The molecule has 5 nitrogen and oxygen atoms in total. The van der Waals surface area contributed by atoms with Gasteiger partial charge in [0.1, 0.15) is 6.61 Å². The molecule has 1 amide bonds. The minimum atomic E-state index is -2.44. The Hall–Kier alpha value is -1.40. The van der Waals surface area contributed by atoms with Crippen LogP contribution in [0.5, 0.6) is 0 Å². The summed E-state index contributed by atoms with van der Waals surface area (Å²) in [5.41, 5.74) is 1.02. The maximum atomic E-state index is 12.8. The SMILES string of the molecule is O=C(N=S1(=O)CCC2(CCNCC2)C1)OCc1ccccc1. The normalized spacial score (nSPS) is 26.7. The quantitative estimate of drug-likeness (QED) is 0.908. The van der Waals surface area contributed by atoms with Gasteiger partial charge >= 0.3 is 6.09 Å². The van der Waals surface area contributed by atoms with Gasteiger partial charge in [0.2, 0.25) is 0 Å². The summed E-state index contributed by atoms with van der Waals surface area (Å²) in [5.74, 6) is 1.07. The Morgan fingerprint density at radius 1 is 1.23 bits per heavy atom. The molecule has 1 unspecified atom stereocenters. The highest BCUT2D eigenvalue weighted by atomic mass is 32.2. The van der Waals surface area contributed by atoms with Crippen LogP contribution in [0.2, 0.25) is 0 Å². The van der Waals surface area contributed by atoms with Crippen LogP contribution in [0, 0.1) is 5.41 Å². The van der Waals surface area contributed by atoms with E-state index in [2.05, 4.69) is 9.68 Å². The van der Waals surface area contributed by atoms with Crippen LogP contribution in [0.4, 0.5) is 4.79 Å². The summed E-state index contributed by atoms with van der Waals surface area (Å²) in [4.78, 5) is 11.9. The molecule has 1 aromatic rings. The molecular weight excluding hydrogens is 300 g/mol. The molecule has 0 radical (unpaired) electrons. The monoisotopic (exact) mass is 322 g/mol. The average molecular weight is 322 g/mol. The predicted molar refractivity (Wildman–Crippen MR) is 86.1 cm³/mol. The van der Waals surface area contributed by atoms with E-state index in [9.17, 15) is 9.00 Å². The van der Waals surface area contributed by atoms with Gasteiger partial charge in [-0.15, -0.1) is 4.36 Å². The zero-order valence-corrected chi connectivity index (χ0v) is 13.4. The molecule has 0 bridgehead atoms. The Kier molecular flexibility index (Phi) is 4.49. The molecular formula is C16H22N2O3S. The van der Waals surface area contributed by atoms with Crippen LogP contribution in [0.15, 0.2) is 34.7 Å². The minimum Gasteiger partial charge on any atom is -0.443 e. The van der Waals surface area contributed by atoms with Crippen LogP contribution in [0.1, 0.15) is 24.8 Å². The van der Waals surface area contributed by atoms with E-state index >= 15 is 0 Å². The predicted octanol–water partition coefficient (Wildman–Crippen LogP) is 2.56. The molecule has 1 aromatic carbocycles. The summed E-state index contributed by atoms with van der Waals surface area (Å²) in [5, 5.41) is 3.33. The lowest BCUT2D eigenvalue weighted by atomic mass is 9.79. The second-order valence-electron chi connectivity index (χ2n) is 6.25. The van der Waals surface area contributed by atoms with Crippen LogP contribution in [-0.4, -0.2) is 34.9 Å². The zero-order chi connectivity index (χ0) is 15.5. The number of benzene rings is 1. The summed E-state index contributed by atoms with van der Waals surface area (Å²) in [6.07, 6.45) is 2.26. The smallest absolute Gasteiger partial charge is 0.442 e. The van der Waals surface area contributed by atoms with Gasteiger partial charge in [0.05, 0.1) is 9.73 Å². The summed E-state index contributed by atoms with van der Waals surface area (Å²) in [6, 6.07) is 9.44. The Labute approximate surface area is 131 Å². The number of carbonyl (C=O) groups excluding carboxylic acids is 1. The van der Waals surface area contributed by atoms with E-state index in [1.165, 1.54) is 0 Å². The lowest BCUT2D eigenvalue weighted by Gasteiger charge is -2.32. The van der Waals surface area contributed by atoms with E-state index < -0.39 is 15.8 Å². The molecule has 0 saturated carbocycles. The molecule has 2 aliphatic heterocycles. The molecule has 3 rings (SSSR count). The van der Waals surface area contributed by atoms with Gasteiger partial charge in [-0.05, 0) is 43.3 Å². The highest BCUT2D eigenvalue weighted by molar-refractivity contribution is 7.94. The van der Waals surface area contributed by atoms with Crippen LogP contribution in [0.25, 0.3) is 0 Å². The van der Waals surface area contributed by atoms with Crippen molar-refractivity contribution in [3.8, 4) is 0 Å². The minimum absolute atomic E-state index is 0.117. The van der Waals surface area contributed by atoms with Gasteiger partial charge in [0, 0.05) is 11.5 Å². The summed E-state index contributed by atoms with van der Waals surface area (Å²) >= 11 is 0. The van der Waals surface area contributed by atoms with E-state index in [4.69, 9.17) is 4.74 Å². The lowest BCUT2D eigenvalue weighted by Crippen LogP contribution is -2.37. The van der Waals surface area contributed by atoms with Crippen LogP contribution >= 0.6 is 0 Å². The number of ether oxygens (including phenoxy) is 1. The molecule has 0 aromatic heterocycles. The number of carbonyl (C=O) groups is 1. The molecule has 6 heteroatoms. The summed E-state index contributed by atoms with van der Waals surface area (Å²) < 4.78 is 21.8. The third-order valence-corrected chi connectivity index (χ3v) is 6.98. The van der Waals surface area contributed by atoms with Gasteiger partial charge in [-0.1, -0.05) is 30.3 Å². The zero-order valence-electron chi connectivity index (χ0n) is 12.6. The summed E-state index contributed by atoms with van der Waals surface area (Å²) in [6.45, 7) is 2.11. The van der Waals surface area contributed by atoms with Gasteiger partial charge in [-0.25, -0.2) is 9.00 Å². The number of nitrogens with zero attached hydrogens (tertiary/aromatic N) is 1. The van der Waals surface area contributed by atoms with E-state index in [1.807, 2.05) is 30.3 Å². The fraction of sp³-hybridized carbons (Fsp3) is 0.562. The number of hydrogen-bond acceptors (Lipinski definition) is 4. The van der Waals surface area contributed by atoms with Gasteiger partial charge < -0.3 is 10.1 Å². The largest absolute Gasteiger partial charge is 0.443 e. The highest BCUT2D eigenvalue weighted by Crippen LogP contribution is 2.40.